The highest BCUT2D eigenvalue weighted by molar-refractivity contribution is 9.10. The minimum Gasteiger partial charge on any atom is -0.320 e. The van der Waals surface area contributed by atoms with Gasteiger partial charge in [-0.05, 0) is 52.3 Å². The summed E-state index contributed by atoms with van der Waals surface area (Å²) in [4.78, 5) is 33.3. The molecule has 0 aliphatic rings. The van der Waals surface area contributed by atoms with E-state index in [-0.39, 0.29) is 31.1 Å². The van der Waals surface area contributed by atoms with Crippen LogP contribution in [0.15, 0.2) is 53.1 Å². The Morgan fingerprint density at radius 3 is 2.09 bits per heavy atom. The highest BCUT2D eigenvalue weighted by Crippen LogP contribution is 2.55. The third-order valence-electron chi connectivity index (χ3n) is 6.20. The quantitative estimate of drug-likeness (QED) is 0.109. The number of hydrogen-bond donors (Lipinski definition) is 1. The number of nitrogens with zero attached hydrogens (tertiary/aromatic N) is 3. The van der Waals surface area contributed by atoms with E-state index in [0.717, 1.165) is 41.4 Å². The first-order chi connectivity index (χ1) is 21.1. The highest BCUT2D eigenvalue weighted by atomic mass is 79.9. The summed E-state index contributed by atoms with van der Waals surface area (Å²) in [6.45, 7) is 6.40. The maximum Gasteiger partial charge on any atom is 0.435 e. The van der Waals surface area contributed by atoms with Gasteiger partial charge >= 0.3 is 24.2 Å². The molecule has 2 aromatic carbocycles. The SMILES string of the molecule is [C-]#[N+]CCCN(C(=O)c1ccc(F)nc1)c1cccc(C(=O)Nc2c(Br)cc(C(F)(C(F)(F)F)C(F)(F)F)cc2C(F)(F)F)c1F. The van der Waals surface area contributed by atoms with Gasteiger partial charge in [0.15, 0.2) is 5.82 Å². The number of alkyl halides is 10. The van der Waals surface area contributed by atoms with E-state index in [4.69, 9.17) is 6.57 Å². The molecule has 0 saturated carbocycles. The second-order valence-electron chi connectivity index (χ2n) is 9.19. The van der Waals surface area contributed by atoms with Crippen molar-refractivity contribution in [3.63, 3.8) is 0 Å². The van der Waals surface area contributed by atoms with Gasteiger partial charge < -0.3 is 15.1 Å². The highest BCUT2D eigenvalue weighted by Gasteiger charge is 2.73. The molecule has 3 aromatic rings. The van der Waals surface area contributed by atoms with Crippen LogP contribution in [0.4, 0.5) is 64.1 Å². The van der Waals surface area contributed by atoms with Crippen molar-refractivity contribution in [3.05, 3.63) is 98.6 Å². The summed E-state index contributed by atoms with van der Waals surface area (Å²) in [6, 6.07) is 3.42. The van der Waals surface area contributed by atoms with E-state index in [2.05, 4.69) is 25.8 Å². The molecule has 2 amide bonds. The summed E-state index contributed by atoms with van der Waals surface area (Å²) in [5.74, 6) is -5.19. The normalized spacial score (nSPS) is 12.4. The molecule has 19 heteroatoms. The van der Waals surface area contributed by atoms with Gasteiger partial charge in [0, 0.05) is 29.2 Å². The van der Waals surface area contributed by atoms with Crippen molar-refractivity contribution < 1.29 is 62.3 Å². The van der Waals surface area contributed by atoms with E-state index in [1.165, 1.54) is 0 Å². The zero-order chi connectivity index (χ0) is 34.8. The molecule has 0 aliphatic heterocycles. The monoisotopic (exact) mass is 734 g/mol. The van der Waals surface area contributed by atoms with Gasteiger partial charge in [-0.2, -0.15) is 43.9 Å². The Kier molecular flexibility index (Phi) is 10.4. The average molecular weight is 735 g/mol. The molecule has 1 aromatic heterocycles. The zero-order valence-corrected chi connectivity index (χ0v) is 23.9. The predicted octanol–water partition coefficient (Wildman–Crippen LogP) is 8.64. The molecule has 0 radical (unpaired) electrons. The number of amides is 2. The third-order valence-corrected chi connectivity index (χ3v) is 6.82. The lowest BCUT2D eigenvalue weighted by atomic mass is 9.92. The minimum absolute atomic E-state index is 0.0418. The van der Waals surface area contributed by atoms with E-state index in [1.54, 1.807) is 5.32 Å². The molecule has 0 atom stereocenters. The Morgan fingerprint density at radius 1 is 0.935 bits per heavy atom. The number of rotatable bonds is 8. The number of halogens is 13. The van der Waals surface area contributed by atoms with Crippen LogP contribution in [0.25, 0.3) is 4.85 Å². The molecule has 1 heterocycles. The molecule has 0 unspecified atom stereocenters. The van der Waals surface area contributed by atoms with Gasteiger partial charge in [0.2, 0.25) is 12.5 Å². The van der Waals surface area contributed by atoms with Gasteiger partial charge in [-0.15, -0.1) is 0 Å². The van der Waals surface area contributed by atoms with Crippen molar-refractivity contribution in [1.29, 1.82) is 0 Å². The Labute approximate surface area is 259 Å². The van der Waals surface area contributed by atoms with Crippen LogP contribution in [0.2, 0.25) is 0 Å². The maximum absolute atomic E-state index is 15.7. The summed E-state index contributed by atoms with van der Waals surface area (Å²) < 4.78 is 163. The van der Waals surface area contributed by atoms with Crippen LogP contribution in [-0.2, 0) is 11.8 Å². The Hall–Kier alpha value is -4.34. The summed E-state index contributed by atoms with van der Waals surface area (Å²) in [6.07, 6.45) is -18.5. The molecule has 6 nitrogen and oxygen atoms in total. The number of anilines is 2. The van der Waals surface area contributed by atoms with Crippen molar-refractivity contribution in [1.82, 2.24) is 4.98 Å². The van der Waals surface area contributed by atoms with Gasteiger partial charge in [-0.3, -0.25) is 9.59 Å². The molecule has 1 N–H and O–H groups in total. The Bertz CT molecular complexity index is 1650. The van der Waals surface area contributed by atoms with Gasteiger partial charge in [-0.25, -0.2) is 20.3 Å². The minimum atomic E-state index is -6.76. The molecule has 0 fully saturated rings. The van der Waals surface area contributed by atoms with Gasteiger partial charge in [-0.1, -0.05) is 6.07 Å². The predicted molar refractivity (Wildman–Crippen MR) is 140 cm³/mol. The summed E-state index contributed by atoms with van der Waals surface area (Å²) >= 11 is 2.34. The molecule has 46 heavy (non-hydrogen) atoms. The van der Waals surface area contributed by atoms with Crippen molar-refractivity contribution >= 4 is 39.1 Å². The van der Waals surface area contributed by atoms with E-state index < -0.39 is 86.4 Å². The fourth-order valence-electron chi connectivity index (χ4n) is 4.03. The van der Waals surface area contributed by atoms with E-state index in [0.29, 0.717) is 0 Å². The van der Waals surface area contributed by atoms with Crippen LogP contribution in [-0.4, -0.2) is 42.2 Å². The number of aromatic nitrogens is 1. The molecule has 3 rings (SSSR count). The van der Waals surface area contributed by atoms with Gasteiger partial charge in [0.05, 0.1) is 28.1 Å². The first kappa shape index (κ1) is 36.1. The number of benzene rings is 2. The zero-order valence-electron chi connectivity index (χ0n) is 22.3. The van der Waals surface area contributed by atoms with Crippen LogP contribution < -0.4 is 10.2 Å². The van der Waals surface area contributed by atoms with Crippen LogP contribution in [0.5, 0.6) is 0 Å². The van der Waals surface area contributed by atoms with E-state index >= 15 is 4.39 Å². The molecule has 0 saturated heterocycles. The number of nitrogens with one attached hydrogen (secondary N) is 1. The van der Waals surface area contributed by atoms with Crippen molar-refractivity contribution in [2.75, 3.05) is 23.3 Å². The fraction of sp³-hybridized carbons (Fsp3) is 0.259. The van der Waals surface area contributed by atoms with Crippen LogP contribution in [0.3, 0.4) is 0 Å². The second-order valence-corrected chi connectivity index (χ2v) is 10.0. The lowest BCUT2D eigenvalue weighted by molar-refractivity contribution is -0.348. The van der Waals surface area contributed by atoms with Gasteiger partial charge in [0.25, 0.3) is 11.8 Å². The van der Waals surface area contributed by atoms with Crippen molar-refractivity contribution in [2.24, 2.45) is 0 Å². The summed E-state index contributed by atoms with van der Waals surface area (Å²) in [7, 11) is 0. The maximum atomic E-state index is 15.7. The Morgan fingerprint density at radius 2 is 1.57 bits per heavy atom. The first-order valence-corrected chi connectivity index (χ1v) is 13.0. The van der Waals surface area contributed by atoms with E-state index in [9.17, 15) is 57.9 Å². The average Bonchev–Trinajstić information content (AvgIpc) is 2.94. The molecule has 0 spiro atoms. The van der Waals surface area contributed by atoms with Gasteiger partial charge in [0.1, 0.15) is 0 Å². The molecule has 0 bridgehead atoms. The third kappa shape index (κ3) is 7.21. The first-order valence-electron chi connectivity index (χ1n) is 12.2. The van der Waals surface area contributed by atoms with Crippen molar-refractivity contribution in [2.45, 2.75) is 30.6 Å². The standard InChI is InChI=1S/C27H15BrF12N4O2/c1-41-8-3-9-44(23(46)13-6-7-19(29)42-12-13)18-5-2-4-15(20(18)30)22(45)43-21-16(25(32,33)34)10-14(11-17(21)28)24(31,26(35,36)37)27(38,39)40/h2,4-7,10-12H,3,8-9H2,(H,43,45). The number of pyridine rings is 1. The summed E-state index contributed by atoms with van der Waals surface area (Å²) in [5, 5.41) is 1.56. The van der Waals surface area contributed by atoms with Crippen LogP contribution in [0, 0.1) is 18.3 Å². The number of hydrogen-bond acceptors (Lipinski definition) is 3. The largest absolute Gasteiger partial charge is 0.435 e. The summed E-state index contributed by atoms with van der Waals surface area (Å²) in [5.41, 5.74) is -14.6. The Balaban J connectivity index is 2.12. The number of carbonyl (C=O) groups excluding carboxylic acids is 2. The molecule has 246 valence electrons. The topological polar surface area (TPSA) is 66.7 Å². The molecule has 0 aliphatic carbocycles. The number of carbonyl (C=O) groups is 2. The fourth-order valence-corrected chi connectivity index (χ4v) is 4.59. The molecular formula is C27H15BrF12N4O2. The van der Waals surface area contributed by atoms with Crippen LogP contribution >= 0.6 is 15.9 Å². The van der Waals surface area contributed by atoms with Crippen molar-refractivity contribution in [3.8, 4) is 0 Å². The smallest absolute Gasteiger partial charge is 0.320 e. The lowest BCUT2D eigenvalue weighted by Crippen LogP contribution is -2.50. The van der Waals surface area contributed by atoms with Crippen LogP contribution in [0.1, 0.15) is 38.3 Å². The second kappa shape index (κ2) is 13.2. The molecular weight excluding hydrogens is 720 g/mol. The lowest BCUT2D eigenvalue weighted by Gasteiger charge is -2.31. The van der Waals surface area contributed by atoms with E-state index in [1.807, 2.05) is 0 Å².